The first-order valence-corrected chi connectivity index (χ1v) is 3.21. The van der Waals surface area contributed by atoms with Crippen LogP contribution in [0.5, 0.6) is 0 Å². The highest BCUT2D eigenvalue weighted by molar-refractivity contribution is 5.92. The Morgan fingerprint density at radius 3 is 2.91 bits per heavy atom. The molecule has 6 heteroatoms. The van der Waals surface area contributed by atoms with Crippen molar-refractivity contribution in [2.24, 2.45) is 12.8 Å². The minimum absolute atomic E-state index is 0.125. The predicted molar refractivity (Wildman–Crippen MR) is 36.8 cm³/mol. The summed E-state index contributed by atoms with van der Waals surface area (Å²) in [7, 11) is 1.61. The molecule has 0 radical (unpaired) electrons. The van der Waals surface area contributed by atoms with Crippen LogP contribution in [0.25, 0.3) is 0 Å². The van der Waals surface area contributed by atoms with Crippen molar-refractivity contribution >= 4 is 5.78 Å². The number of carbonyl (C=O) groups excluding carboxylic acids is 1. The van der Waals surface area contributed by atoms with Crippen LogP contribution in [0.15, 0.2) is 0 Å². The van der Waals surface area contributed by atoms with Gasteiger partial charge in [0.2, 0.25) is 11.6 Å². The van der Waals surface area contributed by atoms with E-state index in [1.165, 1.54) is 4.68 Å². The van der Waals surface area contributed by atoms with Crippen molar-refractivity contribution in [3.8, 4) is 0 Å². The van der Waals surface area contributed by atoms with Crippen LogP contribution in [0.1, 0.15) is 17.0 Å². The fourth-order valence-corrected chi connectivity index (χ4v) is 0.709. The average molecular weight is 155 g/mol. The van der Waals surface area contributed by atoms with Crippen LogP contribution >= 0.6 is 0 Å². The minimum atomic E-state index is -0.125. The van der Waals surface area contributed by atoms with Crippen molar-refractivity contribution in [1.82, 2.24) is 20.2 Å². The summed E-state index contributed by atoms with van der Waals surface area (Å²) in [6.45, 7) is 0.325. The highest BCUT2D eigenvalue weighted by Gasteiger charge is 2.10. The fourth-order valence-electron chi connectivity index (χ4n) is 0.709. The zero-order valence-corrected chi connectivity index (χ0v) is 6.19. The summed E-state index contributed by atoms with van der Waals surface area (Å²) in [5.41, 5.74) is 5.19. The number of aryl methyl sites for hydroxylation is 1. The van der Waals surface area contributed by atoms with Crippen LogP contribution < -0.4 is 5.73 Å². The summed E-state index contributed by atoms with van der Waals surface area (Å²) in [5, 5.41) is 10.4. The summed E-state index contributed by atoms with van der Waals surface area (Å²) in [6.07, 6.45) is 0.286. The number of aromatic nitrogens is 4. The maximum absolute atomic E-state index is 11.1. The second-order valence-electron chi connectivity index (χ2n) is 2.09. The van der Waals surface area contributed by atoms with Gasteiger partial charge in [-0.05, 0) is 17.0 Å². The smallest absolute Gasteiger partial charge is 0.217 e. The van der Waals surface area contributed by atoms with Crippen LogP contribution in [0.2, 0.25) is 0 Å². The Balaban J connectivity index is 2.76. The lowest BCUT2D eigenvalue weighted by Crippen LogP contribution is -2.13. The Hall–Kier alpha value is -1.30. The number of hydrogen-bond donors (Lipinski definition) is 1. The quantitative estimate of drug-likeness (QED) is 0.550. The lowest BCUT2D eigenvalue weighted by atomic mass is 10.3. The van der Waals surface area contributed by atoms with Crippen molar-refractivity contribution in [2.75, 3.05) is 6.54 Å². The molecule has 1 aromatic rings. The molecule has 1 rings (SSSR count). The lowest BCUT2D eigenvalue weighted by Gasteiger charge is -1.93. The largest absolute Gasteiger partial charge is 0.330 e. The van der Waals surface area contributed by atoms with Crippen LogP contribution in [-0.2, 0) is 7.05 Å². The topological polar surface area (TPSA) is 86.7 Å². The molecule has 0 bridgehead atoms. The van der Waals surface area contributed by atoms with Gasteiger partial charge in [-0.1, -0.05) is 0 Å². The summed E-state index contributed by atoms with van der Waals surface area (Å²) < 4.78 is 1.33. The summed E-state index contributed by atoms with van der Waals surface area (Å²) in [5.74, 6) is 0.135. The van der Waals surface area contributed by atoms with Gasteiger partial charge >= 0.3 is 0 Å². The average Bonchev–Trinajstić information content (AvgIpc) is 2.36. The number of nitrogens with zero attached hydrogens (tertiary/aromatic N) is 4. The zero-order valence-electron chi connectivity index (χ0n) is 6.19. The molecule has 0 aliphatic heterocycles. The molecule has 1 aromatic heterocycles. The number of tetrazole rings is 1. The molecule has 0 saturated heterocycles. The number of Topliss-reactive ketones (excluding diaryl/α,β-unsaturated/α-hetero) is 1. The van der Waals surface area contributed by atoms with E-state index in [4.69, 9.17) is 5.73 Å². The fraction of sp³-hybridized carbons (Fsp3) is 0.600. The molecule has 0 saturated carbocycles. The molecule has 0 unspecified atom stereocenters. The first-order chi connectivity index (χ1) is 5.25. The van der Waals surface area contributed by atoms with E-state index in [2.05, 4.69) is 15.5 Å². The number of ketones is 1. The third-order valence-corrected chi connectivity index (χ3v) is 1.24. The maximum Gasteiger partial charge on any atom is 0.217 e. The van der Waals surface area contributed by atoms with Gasteiger partial charge in [-0.3, -0.25) is 4.79 Å². The van der Waals surface area contributed by atoms with Gasteiger partial charge in [-0.15, -0.1) is 5.10 Å². The van der Waals surface area contributed by atoms with Gasteiger partial charge in [0.05, 0.1) is 0 Å². The molecule has 0 aromatic carbocycles. The first kappa shape index (κ1) is 7.80. The Morgan fingerprint density at radius 1 is 1.73 bits per heavy atom. The normalized spacial score (nSPS) is 10.0. The molecular weight excluding hydrogens is 146 g/mol. The molecule has 0 aliphatic carbocycles. The Bertz CT molecular complexity index is 255. The van der Waals surface area contributed by atoms with Crippen molar-refractivity contribution in [3.63, 3.8) is 0 Å². The molecule has 0 spiro atoms. The van der Waals surface area contributed by atoms with E-state index in [0.717, 1.165) is 0 Å². The Morgan fingerprint density at radius 2 is 2.45 bits per heavy atom. The van der Waals surface area contributed by atoms with Gasteiger partial charge in [0, 0.05) is 13.5 Å². The highest BCUT2D eigenvalue weighted by atomic mass is 16.1. The van der Waals surface area contributed by atoms with Crippen LogP contribution in [-0.4, -0.2) is 32.5 Å². The van der Waals surface area contributed by atoms with Gasteiger partial charge in [0.15, 0.2) is 0 Å². The first-order valence-electron chi connectivity index (χ1n) is 3.21. The van der Waals surface area contributed by atoms with E-state index in [0.29, 0.717) is 6.54 Å². The SMILES string of the molecule is Cn1nnnc1C(=O)CCN. The van der Waals surface area contributed by atoms with Crippen LogP contribution in [0.4, 0.5) is 0 Å². The summed E-state index contributed by atoms with van der Waals surface area (Å²) in [4.78, 5) is 11.1. The van der Waals surface area contributed by atoms with E-state index < -0.39 is 0 Å². The number of carbonyl (C=O) groups is 1. The molecule has 0 fully saturated rings. The van der Waals surface area contributed by atoms with E-state index in [9.17, 15) is 4.79 Å². The van der Waals surface area contributed by atoms with Crippen molar-refractivity contribution in [2.45, 2.75) is 6.42 Å². The number of rotatable bonds is 3. The second-order valence-corrected chi connectivity index (χ2v) is 2.09. The zero-order chi connectivity index (χ0) is 8.27. The number of nitrogens with two attached hydrogens (primary N) is 1. The Kier molecular flexibility index (Phi) is 2.27. The summed E-state index contributed by atoms with van der Waals surface area (Å²) in [6, 6.07) is 0. The van der Waals surface area contributed by atoms with E-state index >= 15 is 0 Å². The second kappa shape index (κ2) is 3.20. The molecule has 6 nitrogen and oxygen atoms in total. The van der Waals surface area contributed by atoms with E-state index in [1.54, 1.807) is 7.05 Å². The molecule has 11 heavy (non-hydrogen) atoms. The monoisotopic (exact) mass is 155 g/mol. The third-order valence-electron chi connectivity index (χ3n) is 1.24. The lowest BCUT2D eigenvalue weighted by molar-refractivity contribution is 0.0971. The van der Waals surface area contributed by atoms with Gasteiger partial charge < -0.3 is 5.73 Å². The Labute approximate surface area is 63.4 Å². The molecule has 0 atom stereocenters. The van der Waals surface area contributed by atoms with Crippen molar-refractivity contribution in [1.29, 1.82) is 0 Å². The van der Waals surface area contributed by atoms with Gasteiger partial charge in [-0.2, -0.15) is 0 Å². The minimum Gasteiger partial charge on any atom is -0.330 e. The highest BCUT2D eigenvalue weighted by Crippen LogP contribution is 1.93. The number of hydrogen-bond acceptors (Lipinski definition) is 5. The van der Waals surface area contributed by atoms with E-state index in [1.807, 2.05) is 0 Å². The molecule has 0 aliphatic rings. The maximum atomic E-state index is 11.1. The predicted octanol–water partition coefficient (Wildman–Crippen LogP) is -1.26. The standard InChI is InChI=1S/C5H9N5O/c1-10-5(7-8-9-10)4(11)2-3-6/h2-3,6H2,1H3. The van der Waals surface area contributed by atoms with Crippen molar-refractivity contribution in [3.05, 3.63) is 5.82 Å². The molecule has 0 amide bonds. The molecule has 2 N–H and O–H groups in total. The van der Waals surface area contributed by atoms with Gasteiger partial charge in [0.25, 0.3) is 0 Å². The van der Waals surface area contributed by atoms with Crippen molar-refractivity contribution < 1.29 is 4.79 Å². The summed E-state index contributed by atoms with van der Waals surface area (Å²) >= 11 is 0. The van der Waals surface area contributed by atoms with E-state index in [-0.39, 0.29) is 18.0 Å². The molecular formula is C5H9N5O. The van der Waals surface area contributed by atoms with Gasteiger partial charge in [0.1, 0.15) is 0 Å². The van der Waals surface area contributed by atoms with Crippen LogP contribution in [0.3, 0.4) is 0 Å². The molecule has 60 valence electrons. The molecule has 1 heterocycles. The third kappa shape index (κ3) is 1.58. The van der Waals surface area contributed by atoms with Crippen LogP contribution in [0, 0.1) is 0 Å². The van der Waals surface area contributed by atoms with Gasteiger partial charge in [-0.25, -0.2) is 4.68 Å².